The summed E-state index contributed by atoms with van der Waals surface area (Å²) in [6.45, 7) is 3.39. The van der Waals surface area contributed by atoms with Crippen LogP contribution >= 0.6 is 0 Å². The van der Waals surface area contributed by atoms with Gasteiger partial charge in [-0.15, -0.1) is 0 Å². The molecule has 3 aromatic rings. The molecule has 0 aliphatic carbocycles. The van der Waals surface area contributed by atoms with E-state index in [1.54, 1.807) is 53.4 Å². The maximum atomic E-state index is 13.3. The van der Waals surface area contributed by atoms with E-state index in [-0.39, 0.29) is 35.9 Å². The molecule has 46 heavy (non-hydrogen) atoms. The van der Waals surface area contributed by atoms with Crippen molar-refractivity contribution in [3.8, 4) is 5.75 Å². The van der Waals surface area contributed by atoms with Crippen molar-refractivity contribution in [3.63, 3.8) is 0 Å². The number of rotatable bonds is 9. The number of hydrogen-bond donors (Lipinski definition) is 2. The molecule has 12 nitrogen and oxygen atoms in total. The van der Waals surface area contributed by atoms with Crippen LogP contribution in [-0.4, -0.2) is 96.3 Å². The number of ether oxygens (including phenoxy) is 1. The van der Waals surface area contributed by atoms with Crippen molar-refractivity contribution >= 4 is 33.9 Å². The number of benzene rings is 3. The van der Waals surface area contributed by atoms with Crippen LogP contribution in [0.3, 0.4) is 0 Å². The van der Waals surface area contributed by atoms with Crippen molar-refractivity contribution in [1.82, 2.24) is 19.4 Å². The lowest BCUT2D eigenvalue weighted by Gasteiger charge is -2.34. The number of carboxylic acids is 1. The fraction of sp³-hybridized carbons (Fsp3) is 0.333. The van der Waals surface area contributed by atoms with Gasteiger partial charge < -0.3 is 25.0 Å². The standard InChI is InChI=1S/C33H36N4O8S/c1-23-9-15-27(16-10-23)46(43,44)37-17-5-8-29(37)30(38)34-28(32(40)41)22-24-11-13-26(14-12-24)45-33(42)36-20-18-35(19-21-36)31(39)25-6-3-2-4-7-25/h2-4,6-7,9-16,28-29H,5,8,17-22H2,1H3,(H,34,38)(H,40,41)/t28-,29-/m0/s1. The number of aliphatic carboxylic acids is 1. The van der Waals surface area contributed by atoms with Crippen LogP contribution in [0.4, 0.5) is 4.79 Å². The molecule has 0 saturated carbocycles. The maximum Gasteiger partial charge on any atom is 0.415 e. The van der Waals surface area contributed by atoms with E-state index in [9.17, 15) is 32.7 Å². The van der Waals surface area contributed by atoms with Crippen LogP contribution in [0.15, 0.2) is 83.8 Å². The second kappa shape index (κ2) is 14.1. The molecule has 242 valence electrons. The SMILES string of the molecule is Cc1ccc(S(=O)(=O)N2CCC[C@H]2C(=O)N[C@@H](Cc2ccc(OC(=O)N3CCN(C(=O)c4ccccc4)CC3)cc2)C(=O)O)cc1. The number of carbonyl (C=O) groups is 4. The molecule has 2 aliphatic heterocycles. The third-order valence-corrected chi connectivity index (χ3v) is 10.1. The molecule has 2 N–H and O–H groups in total. The number of aryl methyl sites for hydroxylation is 1. The van der Waals surface area contributed by atoms with E-state index in [0.717, 1.165) is 9.87 Å². The predicted octanol–water partition coefficient (Wildman–Crippen LogP) is 2.92. The molecular formula is C33H36N4O8S. The summed E-state index contributed by atoms with van der Waals surface area (Å²) in [7, 11) is -3.94. The second-order valence-electron chi connectivity index (χ2n) is 11.3. The lowest BCUT2D eigenvalue weighted by Crippen LogP contribution is -2.51. The number of carbonyl (C=O) groups excluding carboxylic acids is 3. The molecule has 13 heteroatoms. The summed E-state index contributed by atoms with van der Waals surface area (Å²) in [5.74, 6) is -1.76. The largest absolute Gasteiger partial charge is 0.480 e. The molecular weight excluding hydrogens is 612 g/mol. The van der Waals surface area contributed by atoms with Crippen LogP contribution in [0, 0.1) is 6.92 Å². The number of nitrogens with one attached hydrogen (secondary N) is 1. The third kappa shape index (κ3) is 7.54. The first-order chi connectivity index (χ1) is 22.0. The Kier molecular flexibility index (Phi) is 10.0. The Labute approximate surface area is 267 Å². The Bertz CT molecular complexity index is 1670. The summed E-state index contributed by atoms with van der Waals surface area (Å²) >= 11 is 0. The number of carboxylic acid groups (broad SMARTS) is 1. The zero-order valence-corrected chi connectivity index (χ0v) is 26.2. The summed E-state index contributed by atoms with van der Waals surface area (Å²) in [6.07, 6.45) is 0.131. The fourth-order valence-corrected chi connectivity index (χ4v) is 7.21. The Morgan fingerprint density at radius 3 is 2.13 bits per heavy atom. The molecule has 2 fully saturated rings. The molecule has 2 saturated heterocycles. The Morgan fingerprint density at radius 1 is 0.870 bits per heavy atom. The van der Waals surface area contributed by atoms with E-state index >= 15 is 0 Å². The van der Waals surface area contributed by atoms with Gasteiger partial charge in [0.2, 0.25) is 15.9 Å². The molecule has 3 aromatic carbocycles. The van der Waals surface area contributed by atoms with Crippen molar-refractivity contribution in [3.05, 3.63) is 95.6 Å². The average Bonchev–Trinajstić information content (AvgIpc) is 3.57. The summed E-state index contributed by atoms with van der Waals surface area (Å²) in [5.41, 5.74) is 2.06. The molecule has 0 aromatic heterocycles. The van der Waals surface area contributed by atoms with E-state index in [2.05, 4.69) is 5.32 Å². The van der Waals surface area contributed by atoms with E-state index < -0.39 is 40.1 Å². The highest BCUT2D eigenvalue weighted by molar-refractivity contribution is 7.89. The van der Waals surface area contributed by atoms with E-state index in [4.69, 9.17) is 4.74 Å². The topological polar surface area (TPSA) is 154 Å². The molecule has 0 radical (unpaired) electrons. The van der Waals surface area contributed by atoms with Crippen molar-refractivity contribution in [2.45, 2.75) is 43.2 Å². The lowest BCUT2D eigenvalue weighted by atomic mass is 10.1. The average molecular weight is 649 g/mol. The highest BCUT2D eigenvalue weighted by atomic mass is 32.2. The minimum atomic E-state index is -3.94. The lowest BCUT2D eigenvalue weighted by molar-refractivity contribution is -0.142. The smallest absolute Gasteiger partial charge is 0.415 e. The zero-order valence-electron chi connectivity index (χ0n) is 25.4. The van der Waals surface area contributed by atoms with Gasteiger partial charge in [0.15, 0.2) is 0 Å². The van der Waals surface area contributed by atoms with Gasteiger partial charge in [-0.2, -0.15) is 4.31 Å². The molecule has 2 aliphatic rings. The molecule has 2 atom stereocenters. The predicted molar refractivity (Wildman–Crippen MR) is 168 cm³/mol. The minimum Gasteiger partial charge on any atom is -0.480 e. The van der Waals surface area contributed by atoms with Gasteiger partial charge in [-0.05, 0) is 61.7 Å². The molecule has 0 unspecified atom stereocenters. The van der Waals surface area contributed by atoms with Crippen LogP contribution < -0.4 is 10.1 Å². The molecule has 2 heterocycles. The Balaban J connectivity index is 1.14. The number of amides is 3. The van der Waals surface area contributed by atoms with Gasteiger partial charge in [0.25, 0.3) is 5.91 Å². The number of piperazine rings is 1. The third-order valence-electron chi connectivity index (χ3n) is 8.16. The van der Waals surface area contributed by atoms with Crippen LogP contribution in [0.25, 0.3) is 0 Å². The van der Waals surface area contributed by atoms with Crippen molar-refractivity contribution in [2.24, 2.45) is 0 Å². The van der Waals surface area contributed by atoms with Gasteiger partial charge in [0.1, 0.15) is 17.8 Å². The van der Waals surface area contributed by atoms with Gasteiger partial charge in [0, 0.05) is 44.7 Å². The number of hydrogen-bond acceptors (Lipinski definition) is 7. The highest BCUT2D eigenvalue weighted by Gasteiger charge is 2.40. The van der Waals surface area contributed by atoms with Crippen LogP contribution in [0.2, 0.25) is 0 Å². The van der Waals surface area contributed by atoms with Crippen molar-refractivity contribution in [2.75, 3.05) is 32.7 Å². The van der Waals surface area contributed by atoms with Crippen LogP contribution in [-0.2, 0) is 26.0 Å². The van der Waals surface area contributed by atoms with Gasteiger partial charge in [0.05, 0.1) is 4.90 Å². The summed E-state index contributed by atoms with van der Waals surface area (Å²) in [4.78, 5) is 54.0. The maximum absolute atomic E-state index is 13.3. The zero-order chi connectivity index (χ0) is 32.8. The highest BCUT2D eigenvalue weighted by Crippen LogP contribution is 2.27. The summed E-state index contributed by atoms with van der Waals surface area (Å²) < 4.78 is 33.1. The van der Waals surface area contributed by atoms with Crippen molar-refractivity contribution in [1.29, 1.82) is 0 Å². The Hall–Kier alpha value is -4.75. The summed E-state index contributed by atoms with van der Waals surface area (Å²) in [5, 5.41) is 12.4. The summed E-state index contributed by atoms with van der Waals surface area (Å²) in [6, 6.07) is 19.3. The second-order valence-corrected chi connectivity index (χ2v) is 13.2. The number of sulfonamides is 1. The molecule has 3 amide bonds. The van der Waals surface area contributed by atoms with E-state index in [0.29, 0.717) is 43.7 Å². The van der Waals surface area contributed by atoms with Crippen LogP contribution in [0.5, 0.6) is 5.75 Å². The first-order valence-corrected chi connectivity index (χ1v) is 16.5. The Morgan fingerprint density at radius 2 is 1.50 bits per heavy atom. The quantitative estimate of drug-likeness (QED) is 0.359. The van der Waals surface area contributed by atoms with Crippen LogP contribution in [0.1, 0.15) is 34.3 Å². The number of nitrogens with zero attached hydrogens (tertiary/aromatic N) is 3. The minimum absolute atomic E-state index is 0.0653. The fourth-order valence-electron chi connectivity index (χ4n) is 5.55. The van der Waals surface area contributed by atoms with Gasteiger partial charge in [-0.1, -0.05) is 48.0 Å². The van der Waals surface area contributed by atoms with Gasteiger partial charge >= 0.3 is 12.1 Å². The van der Waals surface area contributed by atoms with Gasteiger partial charge in [-0.3, -0.25) is 9.59 Å². The van der Waals surface area contributed by atoms with Crippen molar-refractivity contribution < 1.29 is 37.4 Å². The first-order valence-electron chi connectivity index (χ1n) is 15.0. The molecule has 0 bridgehead atoms. The molecule has 5 rings (SSSR count). The van der Waals surface area contributed by atoms with E-state index in [1.807, 2.05) is 13.0 Å². The van der Waals surface area contributed by atoms with Gasteiger partial charge in [-0.25, -0.2) is 18.0 Å². The monoisotopic (exact) mass is 648 g/mol. The first kappa shape index (κ1) is 32.6. The van der Waals surface area contributed by atoms with E-state index in [1.165, 1.54) is 29.2 Å². The normalized spacial score (nSPS) is 17.7. The molecule has 0 spiro atoms.